The highest BCUT2D eigenvalue weighted by molar-refractivity contribution is 14.1. The number of aliphatic hydroxyl groups is 1. The molecule has 3 heteroatoms. The Bertz CT molecular complexity index is 694. The van der Waals surface area contributed by atoms with Gasteiger partial charge in [-0.1, -0.05) is 42.5 Å². The third kappa shape index (κ3) is 3.26. The molecule has 0 unspecified atom stereocenters. The van der Waals surface area contributed by atoms with Gasteiger partial charge in [0.05, 0.1) is 6.10 Å². The molecule has 1 N–H and O–H groups in total. The summed E-state index contributed by atoms with van der Waals surface area (Å²) in [7, 11) is 0. The van der Waals surface area contributed by atoms with Crippen molar-refractivity contribution in [3.8, 4) is 0 Å². The second-order valence-corrected chi connectivity index (χ2v) is 8.30. The van der Waals surface area contributed by atoms with Gasteiger partial charge in [0.25, 0.3) is 0 Å². The Morgan fingerprint density at radius 2 is 1.67 bits per heavy atom. The molecule has 2 aromatic rings. The quantitative estimate of drug-likeness (QED) is 0.730. The molecule has 2 nitrogen and oxygen atoms in total. The minimum Gasteiger partial charge on any atom is -0.391 e. The van der Waals surface area contributed by atoms with E-state index >= 15 is 0 Å². The highest BCUT2D eigenvalue weighted by Gasteiger charge is 2.34. The average molecular weight is 429 g/mol. The Balaban J connectivity index is 1.45. The SMILES string of the molecule is O[C@@H]1Cc2cccc([123I])c2C[C@H]1N1CCC(c2ccccc2)CC1. The number of piperidine rings is 1. The molecule has 1 heterocycles. The first kappa shape index (κ1) is 16.6. The lowest BCUT2D eigenvalue weighted by molar-refractivity contribution is 0.0293. The average Bonchev–Trinajstić information content (AvgIpc) is 2.62. The Labute approximate surface area is 158 Å². The molecule has 126 valence electrons. The minimum absolute atomic E-state index is 0.232. The van der Waals surface area contributed by atoms with Crippen LogP contribution in [0.4, 0.5) is 0 Å². The first-order valence-corrected chi connectivity index (χ1v) is 10.0. The number of rotatable bonds is 2. The first-order chi connectivity index (χ1) is 11.7. The molecule has 24 heavy (non-hydrogen) atoms. The number of hydrogen-bond acceptors (Lipinski definition) is 2. The zero-order valence-electron chi connectivity index (χ0n) is 13.9. The Morgan fingerprint density at radius 3 is 2.42 bits per heavy atom. The first-order valence-electron chi connectivity index (χ1n) is 8.95. The molecule has 0 amide bonds. The van der Waals surface area contributed by atoms with E-state index in [1.807, 2.05) is 0 Å². The summed E-state index contributed by atoms with van der Waals surface area (Å²) in [4.78, 5) is 2.54. The molecule has 1 saturated heterocycles. The molecule has 0 spiro atoms. The number of likely N-dealkylation sites (tertiary alicyclic amines) is 1. The lowest BCUT2D eigenvalue weighted by atomic mass is 9.83. The van der Waals surface area contributed by atoms with Crippen molar-refractivity contribution in [2.45, 2.75) is 43.7 Å². The fourth-order valence-electron chi connectivity index (χ4n) is 4.39. The van der Waals surface area contributed by atoms with Crippen LogP contribution in [-0.2, 0) is 12.8 Å². The second-order valence-electron chi connectivity index (χ2n) is 7.14. The molecule has 0 saturated carbocycles. The van der Waals surface area contributed by atoms with Gasteiger partial charge in [-0.3, -0.25) is 4.90 Å². The molecule has 4 rings (SSSR count). The highest BCUT2D eigenvalue weighted by atomic mass is 123. The van der Waals surface area contributed by atoms with Gasteiger partial charge in [-0.15, -0.1) is 0 Å². The van der Waals surface area contributed by atoms with Crippen LogP contribution >= 0.6 is 22.6 Å². The number of halogens is 1. The van der Waals surface area contributed by atoms with Crippen LogP contribution in [-0.4, -0.2) is 35.2 Å². The van der Waals surface area contributed by atoms with Crippen LogP contribution in [0.3, 0.4) is 0 Å². The number of fused-ring (bicyclic) bond motifs is 1. The number of nitrogens with zero attached hydrogens (tertiary/aromatic N) is 1. The van der Waals surface area contributed by atoms with Crippen molar-refractivity contribution in [1.29, 1.82) is 0 Å². The highest BCUT2D eigenvalue weighted by Crippen LogP contribution is 2.33. The lowest BCUT2D eigenvalue weighted by Crippen LogP contribution is -2.51. The van der Waals surface area contributed by atoms with E-state index < -0.39 is 0 Å². The molecule has 0 bridgehead atoms. The van der Waals surface area contributed by atoms with Crippen LogP contribution in [0.2, 0.25) is 0 Å². The molecule has 2 aliphatic rings. The van der Waals surface area contributed by atoms with Crippen molar-refractivity contribution in [2.24, 2.45) is 0 Å². The van der Waals surface area contributed by atoms with Gasteiger partial charge in [0.15, 0.2) is 0 Å². The minimum atomic E-state index is -0.232. The summed E-state index contributed by atoms with van der Waals surface area (Å²) in [6.45, 7) is 2.19. The predicted octanol–water partition coefficient (Wildman–Crippen LogP) is 4.00. The van der Waals surface area contributed by atoms with Crippen molar-refractivity contribution in [2.75, 3.05) is 13.1 Å². The number of aliphatic hydroxyl groups excluding tert-OH is 1. The predicted molar refractivity (Wildman–Crippen MR) is 106 cm³/mol. The van der Waals surface area contributed by atoms with Gasteiger partial charge in [-0.05, 0) is 83.6 Å². The maximum atomic E-state index is 10.7. The van der Waals surface area contributed by atoms with Crippen LogP contribution in [0.15, 0.2) is 48.5 Å². The van der Waals surface area contributed by atoms with Crippen molar-refractivity contribution in [3.05, 3.63) is 68.8 Å². The third-order valence-electron chi connectivity index (χ3n) is 5.77. The van der Waals surface area contributed by atoms with E-state index in [1.54, 1.807) is 0 Å². The fraction of sp³-hybridized carbons (Fsp3) is 0.429. The smallest absolute Gasteiger partial charge is 0.0738 e. The molecule has 2 aromatic carbocycles. The summed E-state index contributed by atoms with van der Waals surface area (Å²) in [6, 6.07) is 17.7. The zero-order valence-corrected chi connectivity index (χ0v) is 16.0. The molecular formula is C21H24INO. The summed E-state index contributed by atoms with van der Waals surface area (Å²) in [5, 5.41) is 10.7. The molecule has 1 fully saturated rings. The van der Waals surface area contributed by atoms with Gasteiger partial charge < -0.3 is 5.11 Å². The van der Waals surface area contributed by atoms with Crippen molar-refractivity contribution in [3.63, 3.8) is 0 Å². The topological polar surface area (TPSA) is 23.5 Å². The summed E-state index contributed by atoms with van der Waals surface area (Å²) in [5.41, 5.74) is 4.27. The van der Waals surface area contributed by atoms with E-state index in [4.69, 9.17) is 0 Å². The number of hydrogen-bond donors (Lipinski definition) is 1. The maximum absolute atomic E-state index is 10.7. The maximum Gasteiger partial charge on any atom is 0.0738 e. The van der Waals surface area contributed by atoms with Gasteiger partial charge in [0.1, 0.15) is 0 Å². The molecular weight excluding hydrogens is 405 g/mol. The van der Waals surface area contributed by atoms with Gasteiger partial charge in [-0.25, -0.2) is 0 Å². The van der Waals surface area contributed by atoms with E-state index in [9.17, 15) is 5.11 Å². The molecule has 1 aliphatic carbocycles. The Morgan fingerprint density at radius 1 is 0.917 bits per heavy atom. The summed E-state index contributed by atoms with van der Waals surface area (Å²) in [6.07, 6.45) is 3.96. The van der Waals surface area contributed by atoms with E-state index in [-0.39, 0.29) is 12.1 Å². The van der Waals surface area contributed by atoms with Gasteiger partial charge in [0, 0.05) is 16.0 Å². The van der Waals surface area contributed by atoms with Gasteiger partial charge in [0.2, 0.25) is 0 Å². The standard InChI is InChI=1S/C21H24INO/c22-19-8-4-7-17-13-21(24)20(14-18(17)19)23-11-9-16(10-12-23)15-5-2-1-3-6-15/h1-8,16,20-21,24H,9-14H2/t20-,21-/m1/s1/i22-4. The summed E-state index contributed by atoms with van der Waals surface area (Å²) in [5.74, 6) is 0.676. The Hall–Kier alpha value is -0.910. The van der Waals surface area contributed by atoms with Crippen LogP contribution < -0.4 is 0 Å². The Kier molecular flexibility index (Phi) is 4.93. The molecule has 1 aliphatic heterocycles. The van der Waals surface area contributed by atoms with Gasteiger partial charge >= 0.3 is 0 Å². The number of benzene rings is 2. The van der Waals surface area contributed by atoms with Crippen molar-refractivity contribution in [1.82, 2.24) is 4.90 Å². The molecule has 2 atom stereocenters. The third-order valence-corrected chi connectivity index (χ3v) is 6.78. The summed E-state index contributed by atoms with van der Waals surface area (Å²) < 4.78 is 1.35. The summed E-state index contributed by atoms with van der Waals surface area (Å²) >= 11 is 2.44. The van der Waals surface area contributed by atoms with Gasteiger partial charge in [-0.2, -0.15) is 0 Å². The van der Waals surface area contributed by atoms with Crippen LogP contribution in [0.5, 0.6) is 0 Å². The molecule has 0 radical (unpaired) electrons. The van der Waals surface area contributed by atoms with Crippen LogP contribution in [0.25, 0.3) is 0 Å². The largest absolute Gasteiger partial charge is 0.391 e. The van der Waals surface area contributed by atoms with Crippen LogP contribution in [0.1, 0.15) is 35.4 Å². The van der Waals surface area contributed by atoms with E-state index in [0.29, 0.717) is 5.92 Å². The zero-order chi connectivity index (χ0) is 16.5. The lowest BCUT2D eigenvalue weighted by Gasteiger charge is -2.42. The second kappa shape index (κ2) is 7.14. The normalized spacial score (nSPS) is 25.4. The van der Waals surface area contributed by atoms with E-state index in [1.165, 1.54) is 33.1 Å². The monoisotopic (exact) mass is 429 g/mol. The fourth-order valence-corrected chi connectivity index (χ4v) is 5.17. The van der Waals surface area contributed by atoms with E-state index in [0.717, 1.165) is 25.9 Å². The van der Waals surface area contributed by atoms with Crippen molar-refractivity contribution < 1.29 is 5.11 Å². The van der Waals surface area contributed by atoms with Crippen molar-refractivity contribution >= 4 is 22.6 Å². The van der Waals surface area contributed by atoms with Crippen LogP contribution in [0, 0.1) is 3.57 Å². The van der Waals surface area contributed by atoms with E-state index in [2.05, 4.69) is 76.0 Å². The molecule has 0 aromatic heterocycles.